The van der Waals surface area contributed by atoms with E-state index in [1.165, 1.54) is 58.0 Å². The molecular formula is C22H46N2SiTi. The van der Waals surface area contributed by atoms with Crippen molar-refractivity contribution in [3.63, 3.8) is 0 Å². The number of likely N-dealkylation sites (tertiary alicyclic amines) is 1. The molecule has 2 aliphatic carbocycles. The Morgan fingerprint density at radius 1 is 0.846 bits per heavy atom. The van der Waals surface area contributed by atoms with E-state index in [-0.39, 0.29) is 49.5 Å². The quantitative estimate of drug-likeness (QED) is 0.368. The topological polar surface area (TPSA) is 17.3 Å². The zero-order valence-electron chi connectivity index (χ0n) is 19.1. The first-order valence-electron chi connectivity index (χ1n) is 9.76. The maximum absolute atomic E-state index is 5.40. The second-order valence-electron chi connectivity index (χ2n) is 9.70. The van der Waals surface area contributed by atoms with Crippen LogP contribution in [0.2, 0.25) is 18.6 Å². The van der Waals surface area contributed by atoms with Crippen LogP contribution in [0, 0.1) is 34.1 Å². The molecule has 152 valence electrons. The Labute approximate surface area is 182 Å². The first-order chi connectivity index (χ1) is 10.3. The summed E-state index contributed by atoms with van der Waals surface area (Å²) in [4.78, 5) is 8.26. The smallest absolute Gasteiger partial charge is 0.660 e. The maximum Gasteiger partial charge on any atom is 4.00 e. The molecule has 2 nitrogen and oxygen atoms in total. The molecule has 3 rings (SSSR count). The van der Waals surface area contributed by atoms with E-state index in [2.05, 4.69) is 38.8 Å². The molecular weight excluding hydrogens is 368 g/mol. The van der Waals surface area contributed by atoms with Crippen LogP contribution in [-0.4, -0.2) is 37.8 Å². The Hall–Kier alpha value is 0.851. The average molecular weight is 415 g/mol. The molecule has 4 unspecified atom stereocenters. The predicted molar refractivity (Wildman–Crippen MR) is 118 cm³/mol. The van der Waals surface area contributed by atoms with Crippen molar-refractivity contribution in [2.24, 2.45) is 11.8 Å². The first-order valence-corrected chi connectivity index (χ1v) is 12.8. The van der Waals surface area contributed by atoms with Crippen molar-refractivity contribution < 1.29 is 21.7 Å². The van der Waals surface area contributed by atoms with Crippen molar-refractivity contribution in [3.05, 3.63) is 27.3 Å². The van der Waals surface area contributed by atoms with Gasteiger partial charge in [0.25, 0.3) is 0 Å². The van der Waals surface area contributed by atoms with E-state index in [1.807, 2.05) is 0 Å². The number of nitrogens with zero attached hydrogens (tertiary/aromatic N) is 2. The second-order valence-corrected chi connectivity index (χ2v) is 14.0. The van der Waals surface area contributed by atoms with Gasteiger partial charge in [-0.05, 0) is 50.6 Å². The van der Waals surface area contributed by atoms with Gasteiger partial charge in [0.2, 0.25) is 0 Å². The number of fused-ring (bicyclic) bond motifs is 1. The number of hydrogen-bond acceptors (Lipinski definition) is 1. The Kier molecular flexibility index (Phi) is 12.5. The molecule has 2 saturated carbocycles. The van der Waals surface area contributed by atoms with Crippen molar-refractivity contribution in [1.29, 1.82) is 0 Å². The SMILES string of the molecule is CC(C)(C)[N-][Si](C)(C)C1CC(N2CCCC2)C2CCCCC21.[CH3-].[CH3-].[CH3-].[Ti+4]. The van der Waals surface area contributed by atoms with Gasteiger partial charge in [0.15, 0.2) is 0 Å². The van der Waals surface area contributed by atoms with Gasteiger partial charge in [-0.2, -0.15) is 0 Å². The monoisotopic (exact) mass is 414 g/mol. The third-order valence-electron chi connectivity index (χ3n) is 6.52. The summed E-state index contributed by atoms with van der Waals surface area (Å²) in [6.45, 7) is 14.8. The molecule has 3 aliphatic rings. The Morgan fingerprint density at radius 2 is 1.35 bits per heavy atom. The van der Waals surface area contributed by atoms with E-state index in [1.54, 1.807) is 0 Å². The van der Waals surface area contributed by atoms with E-state index in [9.17, 15) is 0 Å². The van der Waals surface area contributed by atoms with E-state index in [4.69, 9.17) is 4.98 Å². The molecule has 0 amide bonds. The maximum atomic E-state index is 5.40. The summed E-state index contributed by atoms with van der Waals surface area (Å²) in [6.07, 6.45) is 10.3. The summed E-state index contributed by atoms with van der Waals surface area (Å²) in [6, 6.07) is 0.903. The van der Waals surface area contributed by atoms with Gasteiger partial charge in [-0.15, -0.1) is 5.54 Å². The summed E-state index contributed by atoms with van der Waals surface area (Å²) in [5.41, 5.74) is 1.08. The van der Waals surface area contributed by atoms with Gasteiger partial charge in [0.05, 0.1) is 0 Å². The van der Waals surface area contributed by atoms with Crippen molar-refractivity contribution in [2.75, 3.05) is 13.1 Å². The molecule has 0 aromatic heterocycles. The normalized spacial score (nSPS) is 31.7. The van der Waals surface area contributed by atoms with Crippen molar-refractivity contribution >= 4 is 8.24 Å². The molecule has 3 fully saturated rings. The van der Waals surface area contributed by atoms with Crippen LogP contribution < -0.4 is 0 Å². The minimum absolute atomic E-state index is 0. The van der Waals surface area contributed by atoms with E-state index < -0.39 is 8.24 Å². The van der Waals surface area contributed by atoms with Crippen molar-refractivity contribution in [1.82, 2.24) is 4.90 Å². The molecule has 0 aromatic rings. The number of hydrogen-bond donors (Lipinski definition) is 0. The molecule has 0 bridgehead atoms. The summed E-state index contributed by atoms with van der Waals surface area (Å²) in [7, 11) is -1.51. The van der Waals surface area contributed by atoms with Gasteiger partial charge >= 0.3 is 21.7 Å². The fourth-order valence-electron chi connectivity index (χ4n) is 6.03. The van der Waals surface area contributed by atoms with Gasteiger partial charge in [0.1, 0.15) is 0 Å². The average Bonchev–Trinajstić information content (AvgIpc) is 3.02. The largest absolute Gasteiger partial charge is 4.00 e. The molecule has 1 saturated heterocycles. The summed E-state index contributed by atoms with van der Waals surface area (Å²) >= 11 is 0. The van der Waals surface area contributed by atoms with Gasteiger partial charge < -0.3 is 32.2 Å². The number of rotatable bonds is 3. The van der Waals surface area contributed by atoms with E-state index in [0.717, 1.165) is 23.4 Å². The predicted octanol–water partition coefficient (Wildman–Crippen LogP) is 6.76. The fraction of sp³-hybridized carbons (Fsp3) is 0.864. The van der Waals surface area contributed by atoms with Crippen LogP contribution >= 0.6 is 0 Å². The Morgan fingerprint density at radius 3 is 1.85 bits per heavy atom. The van der Waals surface area contributed by atoms with Crippen molar-refractivity contribution in [3.8, 4) is 0 Å². The van der Waals surface area contributed by atoms with Crippen LogP contribution in [0.15, 0.2) is 0 Å². The van der Waals surface area contributed by atoms with Crippen LogP contribution in [0.1, 0.15) is 65.7 Å². The molecule has 0 N–H and O–H groups in total. The molecule has 1 heterocycles. The summed E-state index contributed by atoms with van der Waals surface area (Å²) in [5, 5.41) is 0. The van der Waals surface area contributed by atoms with Crippen LogP contribution in [0.4, 0.5) is 0 Å². The van der Waals surface area contributed by atoms with Gasteiger partial charge in [0, 0.05) is 6.04 Å². The minimum atomic E-state index is -1.51. The summed E-state index contributed by atoms with van der Waals surface area (Å²) < 4.78 is 0. The molecule has 26 heavy (non-hydrogen) atoms. The fourth-order valence-corrected chi connectivity index (χ4v) is 10.2. The summed E-state index contributed by atoms with van der Waals surface area (Å²) in [5.74, 6) is 1.99. The zero-order chi connectivity index (χ0) is 16.0. The standard InChI is InChI=1S/C19H37N2Si.3CH3.Ti/c1-19(2,3)20-22(4,5)18-14-17(21-12-8-9-13-21)15-10-6-7-11-16(15)18;;;;/h15-18H,6-14H2,1-5H3;3*1H3;/q4*-1;+4. The van der Waals surface area contributed by atoms with E-state index >= 15 is 0 Å². The second kappa shape index (κ2) is 11.1. The first kappa shape index (κ1) is 29.1. The molecule has 0 aromatic carbocycles. The molecule has 0 radical (unpaired) electrons. The van der Waals surface area contributed by atoms with Gasteiger partial charge in [-0.3, -0.25) is 0 Å². The van der Waals surface area contributed by atoms with Crippen LogP contribution in [0.3, 0.4) is 0 Å². The van der Waals surface area contributed by atoms with Crippen LogP contribution in [0.5, 0.6) is 0 Å². The Balaban J connectivity index is 0. The zero-order valence-corrected chi connectivity index (χ0v) is 21.6. The van der Waals surface area contributed by atoms with Crippen molar-refractivity contribution in [2.45, 2.75) is 95.9 Å². The third-order valence-corrected chi connectivity index (χ3v) is 10.2. The van der Waals surface area contributed by atoms with Gasteiger partial charge in [-0.25, -0.2) is 0 Å². The van der Waals surface area contributed by atoms with Gasteiger partial charge in [-0.1, -0.05) is 66.9 Å². The minimum Gasteiger partial charge on any atom is -0.660 e. The third kappa shape index (κ3) is 6.44. The van der Waals surface area contributed by atoms with Crippen LogP contribution in [0.25, 0.3) is 4.98 Å². The molecule has 4 atom stereocenters. The molecule has 0 spiro atoms. The van der Waals surface area contributed by atoms with Crippen LogP contribution in [-0.2, 0) is 21.7 Å². The molecule has 1 aliphatic heterocycles. The molecule has 4 heteroatoms. The van der Waals surface area contributed by atoms with E-state index in [0.29, 0.717) is 0 Å². The Bertz CT molecular complexity index is 388.